The first-order valence-electron chi connectivity index (χ1n) is 10.2. The van der Waals surface area contributed by atoms with E-state index in [1.165, 1.54) is 6.07 Å². The molecule has 0 radical (unpaired) electrons. The Bertz CT molecular complexity index is 1460. The van der Waals surface area contributed by atoms with Crippen molar-refractivity contribution in [2.24, 2.45) is 7.05 Å². The zero-order valence-corrected chi connectivity index (χ0v) is 18.2. The van der Waals surface area contributed by atoms with E-state index in [9.17, 15) is 8.78 Å². The molecule has 0 unspecified atom stereocenters. The molecule has 0 bridgehead atoms. The molecule has 0 N–H and O–H groups in total. The highest BCUT2D eigenvalue weighted by atomic mass is 19.2. The van der Waals surface area contributed by atoms with Crippen LogP contribution >= 0.6 is 0 Å². The highest BCUT2D eigenvalue weighted by Crippen LogP contribution is 2.27. The van der Waals surface area contributed by atoms with Crippen LogP contribution in [-0.4, -0.2) is 40.1 Å². The van der Waals surface area contributed by atoms with Gasteiger partial charge < -0.3 is 9.26 Å². The normalized spacial score (nSPS) is 11.2. The van der Waals surface area contributed by atoms with Crippen LogP contribution < -0.4 is 4.74 Å². The topological polar surface area (TPSA) is 110 Å². The van der Waals surface area contributed by atoms with Gasteiger partial charge in [0.05, 0.1) is 24.0 Å². The molecular formula is C22H18F2N8O2. The van der Waals surface area contributed by atoms with Crippen LogP contribution in [0.4, 0.5) is 8.78 Å². The first kappa shape index (κ1) is 21.4. The number of rotatable bonds is 7. The molecule has 0 aliphatic rings. The summed E-state index contributed by atoms with van der Waals surface area (Å²) in [6, 6.07) is 11.0. The quantitative estimate of drug-likeness (QED) is 0.361. The molecule has 3 heterocycles. The van der Waals surface area contributed by atoms with Crippen molar-refractivity contribution in [2.75, 3.05) is 0 Å². The zero-order valence-electron chi connectivity index (χ0n) is 18.2. The molecule has 5 aromatic rings. The Balaban J connectivity index is 1.36. The van der Waals surface area contributed by atoms with Gasteiger partial charge >= 0.3 is 0 Å². The number of halogens is 2. The van der Waals surface area contributed by atoms with Gasteiger partial charge in [-0.05, 0) is 41.1 Å². The maximum Gasteiger partial charge on any atom is 0.261 e. The zero-order chi connectivity index (χ0) is 23.7. The molecule has 0 saturated carbocycles. The molecule has 5 rings (SSSR count). The fourth-order valence-corrected chi connectivity index (χ4v) is 3.36. The Hall–Kier alpha value is -4.48. The summed E-state index contributed by atoms with van der Waals surface area (Å²) >= 11 is 0. The molecule has 0 aliphatic heterocycles. The average Bonchev–Trinajstić information content (AvgIpc) is 3.56. The number of aromatic nitrogens is 8. The fraction of sp³-hybridized carbons (Fsp3) is 0.182. The lowest BCUT2D eigenvalue weighted by molar-refractivity contribution is 0.292. The van der Waals surface area contributed by atoms with Gasteiger partial charge in [0.1, 0.15) is 18.2 Å². The van der Waals surface area contributed by atoms with E-state index in [0.29, 0.717) is 29.5 Å². The maximum absolute atomic E-state index is 13.5. The van der Waals surface area contributed by atoms with Crippen molar-refractivity contribution < 1.29 is 18.0 Å². The first-order valence-corrected chi connectivity index (χ1v) is 10.2. The third-order valence-electron chi connectivity index (χ3n) is 5.21. The van der Waals surface area contributed by atoms with E-state index in [1.807, 2.05) is 31.2 Å². The Kier molecular flexibility index (Phi) is 5.54. The lowest BCUT2D eigenvalue weighted by Crippen LogP contribution is -2.05. The van der Waals surface area contributed by atoms with Gasteiger partial charge in [-0.3, -0.25) is 4.68 Å². The molecule has 172 valence electrons. The SMILES string of the molecule is Cc1nnnn1Cc1cccc(-c2noc(-c3cnn(C)c3COc3ccc(F)c(F)c3)n2)c1. The lowest BCUT2D eigenvalue weighted by atomic mass is 10.1. The van der Waals surface area contributed by atoms with E-state index in [0.717, 1.165) is 23.3 Å². The number of hydrogen-bond acceptors (Lipinski definition) is 8. The van der Waals surface area contributed by atoms with Gasteiger partial charge in [-0.15, -0.1) is 5.10 Å². The first-order chi connectivity index (χ1) is 16.5. The summed E-state index contributed by atoms with van der Waals surface area (Å²) in [5, 5.41) is 19.9. The molecule has 10 nitrogen and oxygen atoms in total. The van der Waals surface area contributed by atoms with E-state index >= 15 is 0 Å². The summed E-state index contributed by atoms with van der Waals surface area (Å²) in [6.45, 7) is 2.37. The van der Waals surface area contributed by atoms with Crippen LogP contribution in [0.5, 0.6) is 5.75 Å². The van der Waals surface area contributed by atoms with E-state index in [1.54, 1.807) is 22.6 Å². The number of benzene rings is 2. The van der Waals surface area contributed by atoms with Gasteiger partial charge in [-0.2, -0.15) is 10.1 Å². The summed E-state index contributed by atoms with van der Waals surface area (Å²) in [6.07, 6.45) is 1.58. The molecule has 12 heteroatoms. The molecule has 0 saturated heterocycles. The van der Waals surface area contributed by atoms with Crippen LogP contribution in [0.15, 0.2) is 53.2 Å². The largest absolute Gasteiger partial charge is 0.487 e. The number of aryl methyl sites for hydroxylation is 2. The van der Waals surface area contributed by atoms with Crippen molar-refractivity contribution in [1.29, 1.82) is 0 Å². The van der Waals surface area contributed by atoms with E-state index < -0.39 is 11.6 Å². The van der Waals surface area contributed by atoms with Gasteiger partial charge in [0.25, 0.3) is 5.89 Å². The van der Waals surface area contributed by atoms with Crippen LogP contribution in [0.1, 0.15) is 17.1 Å². The van der Waals surface area contributed by atoms with Crippen LogP contribution in [0.3, 0.4) is 0 Å². The molecule has 3 aromatic heterocycles. The monoisotopic (exact) mass is 464 g/mol. The van der Waals surface area contributed by atoms with Gasteiger partial charge in [0, 0.05) is 18.7 Å². The lowest BCUT2D eigenvalue weighted by Gasteiger charge is -2.08. The molecule has 0 fully saturated rings. The molecular weight excluding hydrogens is 446 g/mol. The maximum atomic E-state index is 13.5. The standard InChI is InChI=1S/C22H18F2N8O2/c1-13-27-29-30-32(13)11-14-4-3-5-15(8-14)21-26-22(34-28-21)17-10-25-31(2)20(17)12-33-16-6-7-18(23)19(24)9-16/h3-10H,11-12H2,1-2H3. The molecule has 0 amide bonds. The number of tetrazole rings is 1. The van der Waals surface area contributed by atoms with Gasteiger partial charge in [0.2, 0.25) is 5.82 Å². The van der Waals surface area contributed by atoms with Crippen LogP contribution in [0.25, 0.3) is 22.8 Å². The van der Waals surface area contributed by atoms with Crippen molar-refractivity contribution in [1.82, 2.24) is 40.1 Å². The van der Waals surface area contributed by atoms with Crippen LogP contribution in [0, 0.1) is 18.6 Å². The number of ether oxygens (including phenoxy) is 1. The minimum atomic E-state index is -0.984. The van der Waals surface area contributed by atoms with Crippen molar-refractivity contribution in [3.8, 4) is 28.6 Å². The van der Waals surface area contributed by atoms with E-state index in [4.69, 9.17) is 9.26 Å². The molecule has 0 atom stereocenters. The average molecular weight is 464 g/mol. The molecule has 0 spiro atoms. The van der Waals surface area contributed by atoms with Crippen molar-refractivity contribution >= 4 is 0 Å². The second-order valence-corrected chi connectivity index (χ2v) is 7.50. The third-order valence-corrected chi connectivity index (χ3v) is 5.21. The second kappa shape index (κ2) is 8.81. The summed E-state index contributed by atoms with van der Waals surface area (Å²) < 4.78 is 41.0. The summed E-state index contributed by atoms with van der Waals surface area (Å²) in [5.74, 6) is -0.366. The van der Waals surface area contributed by atoms with E-state index in [-0.39, 0.29) is 18.2 Å². The Morgan fingerprint density at radius 3 is 2.76 bits per heavy atom. The number of nitrogens with zero attached hydrogens (tertiary/aromatic N) is 8. The Morgan fingerprint density at radius 1 is 1.09 bits per heavy atom. The highest BCUT2D eigenvalue weighted by molar-refractivity contribution is 5.61. The Morgan fingerprint density at radius 2 is 1.97 bits per heavy atom. The summed E-state index contributed by atoms with van der Waals surface area (Å²) in [4.78, 5) is 4.52. The third kappa shape index (κ3) is 4.25. The highest BCUT2D eigenvalue weighted by Gasteiger charge is 2.19. The number of hydrogen-bond donors (Lipinski definition) is 0. The second-order valence-electron chi connectivity index (χ2n) is 7.50. The molecule has 0 aliphatic carbocycles. The van der Waals surface area contributed by atoms with Gasteiger partial charge in [-0.25, -0.2) is 13.5 Å². The summed E-state index contributed by atoms with van der Waals surface area (Å²) in [5.41, 5.74) is 2.94. The predicted molar refractivity (Wildman–Crippen MR) is 114 cm³/mol. The van der Waals surface area contributed by atoms with E-state index in [2.05, 4.69) is 30.8 Å². The smallest absolute Gasteiger partial charge is 0.261 e. The minimum Gasteiger partial charge on any atom is -0.487 e. The molecule has 2 aromatic carbocycles. The van der Waals surface area contributed by atoms with Gasteiger partial charge in [0.15, 0.2) is 11.6 Å². The predicted octanol–water partition coefficient (Wildman–Crippen LogP) is 3.34. The van der Waals surface area contributed by atoms with Crippen molar-refractivity contribution in [3.05, 3.63) is 77.4 Å². The molecule has 34 heavy (non-hydrogen) atoms. The minimum absolute atomic E-state index is 0.0371. The summed E-state index contributed by atoms with van der Waals surface area (Å²) in [7, 11) is 1.73. The van der Waals surface area contributed by atoms with Crippen LogP contribution in [0.2, 0.25) is 0 Å². The Labute approximate surface area is 191 Å². The van der Waals surface area contributed by atoms with Crippen molar-refractivity contribution in [3.63, 3.8) is 0 Å². The van der Waals surface area contributed by atoms with Crippen LogP contribution in [-0.2, 0) is 20.2 Å². The van der Waals surface area contributed by atoms with Gasteiger partial charge in [-0.1, -0.05) is 23.4 Å². The van der Waals surface area contributed by atoms with Crippen molar-refractivity contribution in [2.45, 2.75) is 20.1 Å². The fourth-order valence-electron chi connectivity index (χ4n) is 3.36.